The number of nitrogens with one attached hydrogen (secondary N) is 1. The number of hydrogen-bond donors (Lipinski definition) is 1. The standard InChI is InChI=1S/C21H28N2O2S/c24-18(13-15-8-9-16-6-2-1-3-7-17(16)12-15)20-19(22-14-26-20)21(25)23-10-4-5-11-23/h1-3,7,15,19-20,22H,4-6,8-14H2/t15?,19-,20?/m0/s1. The largest absolute Gasteiger partial charge is 0.341 e. The molecule has 4 rings (SSSR count). The van der Waals surface area contributed by atoms with Gasteiger partial charge in [-0.15, -0.1) is 11.8 Å². The molecular weight excluding hydrogens is 344 g/mol. The predicted molar refractivity (Wildman–Crippen MR) is 106 cm³/mol. The van der Waals surface area contributed by atoms with E-state index in [4.69, 9.17) is 0 Å². The summed E-state index contributed by atoms with van der Waals surface area (Å²) in [6.07, 6.45) is 15.7. The lowest BCUT2D eigenvalue weighted by molar-refractivity contribution is -0.134. The van der Waals surface area contributed by atoms with Gasteiger partial charge in [-0.25, -0.2) is 0 Å². The van der Waals surface area contributed by atoms with Gasteiger partial charge in [0.05, 0.1) is 5.25 Å². The Morgan fingerprint density at radius 1 is 1.23 bits per heavy atom. The van der Waals surface area contributed by atoms with Gasteiger partial charge in [-0.1, -0.05) is 29.9 Å². The molecule has 140 valence electrons. The molecule has 0 aromatic rings. The van der Waals surface area contributed by atoms with Crippen LogP contribution in [0.3, 0.4) is 0 Å². The van der Waals surface area contributed by atoms with Crippen molar-refractivity contribution in [1.82, 2.24) is 10.2 Å². The van der Waals surface area contributed by atoms with Crippen LogP contribution in [0.15, 0.2) is 35.5 Å². The lowest BCUT2D eigenvalue weighted by Gasteiger charge is -2.27. The van der Waals surface area contributed by atoms with Crippen LogP contribution in [-0.4, -0.2) is 46.8 Å². The normalized spacial score (nSPS) is 31.2. The van der Waals surface area contributed by atoms with E-state index in [1.54, 1.807) is 11.8 Å². The molecule has 0 aromatic carbocycles. The first-order valence-electron chi connectivity index (χ1n) is 9.93. The molecule has 4 nitrogen and oxygen atoms in total. The van der Waals surface area contributed by atoms with Crippen LogP contribution in [0.5, 0.6) is 0 Å². The van der Waals surface area contributed by atoms with Crippen molar-refractivity contribution >= 4 is 23.5 Å². The molecule has 2 heterocycles. The van der Waals surface area contributed by atoms with Crippen LogP contribution in [0.4, 0.5) is 0 Å². The highest BCUT2D eigenvalue weighted by Gasteiger charge is 2.41. The summed E-state index contributed by atoms with van der Waals surface area (Å²) in [5.41, 5.74) is 2.97. The number of carbonyl (C=O) groups is 2. The van der Waals surface area contributed by atoms with Crippen molar-refractivity contribution in [1.29, 1.82) is 0 Å². The van der Waals surface area contributed by atoms with Gasteiger partial charge in [-0.3, -0.25) is 14.9 Å². The summed E-state index contributed by atoms with van der Waals surface area (Å²) in [5.74, 6) is 1.53. The van der Waals surface area contributed by atoms with E-state index in [-0.39, 0.29) is 23.0 Å². The summed E-state index contributed by atoms with van der Waals surface area (Å²) in [6.45, 7) is 1.70. The van der Waals surface area contributed by atoms with Gasteiger partial charge in [0, 0.05) is 25.4 Å². The number of hydrogen-bond acceptors (Lipinski definition) is 4. The van der Waals surface area contributed by atoms with Gasteiger partial charge in [0.1, 0.15) is 11.8 Å². The van der Waals surface area contributed by atoms with E-state index in [0.717, 1.165) is 51.6 Å². The number of ketones is 1. The van der Waals surface area contributed by atoms with Crippen LogP contribution in [0.2, 0.25) is 0 Å². The summed E-state index contributed by atoms with van der Waals surface area (Å²) in [4.78, 5) is 27.7. The molecule has 2 unspecified atom stereocenters. The highest BCUT2D eigenvalue weighted by atomic mass is 32.2. The Labute approximate surface area is 160 Å². The summed E-state index contributed by atoms with van der Waals surface area (Å²) in [6, 6.07) is -0.314. The van der Waals surface area contributed by atoms with Crippen molar-refractivity contribution in [2.24, 2.45) is 5.92 Å². The first kappa shape index (κ1) is 18.1. The molecule has 2 aliphatic heterocycles. The van der Waals surface area contributed by atoms with Crippen LogP contribution in [0.25, 0.3) is 0 Å². The Bertz CT molecular complexity index is 661. The van der Waals surface area contributed by atoms with Crippen molar-refractivity contribution in [2.75, 3.05) is 19.0 Å². The van der Waals surface area contributed by atoms with E-state index >= 15 is 0 Å². The molecule has 26 heavy (non-hydrogen) atoms. The summed E-state index contributed by atoms with van der Waals surface area (Å²) in [7, 11) is 0. The SMILES string of the molecule is O=C(CC1CCC2=C(C=CC=CC2)C1)C1SCN[C@@H]1C(=O)N1CCCC1. The zero-order valence-electron chi connectivity index (χ0n) is 15.3. The number of thioether (sulfide) groups is 1. The van der Waals surface area contributed by atoms with Crippen molar-refractivity contribution in [3.63, 3.8) is 0 Å². The van der Waals surface area contributed by atoms with E-state index in [9.17, 15) is 9.59 Å². The number of likely N-dealkylation sites (tertiary alicyclic amines) is 1. The van der Waals surface area contributed by atoms with E-state index in [1.807, 2.05) is 4.90 Å². The topological polar surface area (TPSA) is 49.4 Å². The van der Waals surface area contributed by atoms with Gasteiger partial charge in [-0.2, -0.15) is 0 Å². The van der Waals surface area contributed by atoms with Gasteiger partial charge in [-0.05, 0) is 50.0 Å². The van der Waals surface area contributed by atoms with Crippen LogP contribution >= 0.6 is 11.8 Å². The Hall–Kier alpha value is -1.33. The Morgan fingerprint density at radius 3 is 2.92 bits per heavy atom. The highest BCUT2D eigenvalue weighted by Crippen LogP contribution is 2.36. The molecule has 0 bridgehead atoms. The maximum atomic E-state index is 13.0. The fourth-order valence-corrected chi connectivity index (χ4v) is 5.75. The van der Waals surface area contributed by atoms with Crippen LogP contribution in [-0.2, 0) is 9.59 Å². The first-order valence-corrected chi connectivity index (χ1v) is 11.0. The molecule has 4 aliphatic rings. The molecule has 3 atom stereocenters. The molecule has 1 N–H and O–H groups in total. The second-order valence-electron chi connectivity index (χ2n) is 7.85. The number of Topliss-reactive ketones (excluding diaryl/α,β-unsaturated/α-hetero) is 1. The van der Waals surface area contributed by atoms with Crippen LogP contribution in [0.1, 0.15) is 44.9 Å². The summed E-state index contributed by atoms with van der Waals surface area (Å²) >= 11 is 1.62. The maximum Gasteiger partial charge on any atom is 0.241 e. The summed E-state index contributed by atoms with van der Waals surface area (Å²) in [5, 5.41) is 3.07. The molecule has 0 radical (unpaired) electrons. The molecule has 2 saturated heterocycles. The monoisotopic (exact) mass is 372 g/mol. The second-order valence-corrected chi connectivity index (χ2v) is 8.98. The number of allylic oxidation sites excluding steroid dienone is 6. The minimum absolute atomic E-state index is 0.136. The summed E-state index contributed by atoms with van der Waals surface area (Å²) < 4.78 is 0. The van der Waals surface area contributed by atoms with Crippen molar-refractivity contribution in [3.05, 3.63) is 35.5 Å². The van der Waals surface area contributed by atoms with Crippen molar-refractivity contribution in [2.45, 2.75) is 56.2 Å². The third kappa shape index (κ3) is 3.84. The molecule has 2 fully saturated rings. The van der Waals surface area contributed by atoms with Crippen molar-refractivity contribution < 1.29 is 9.59 Å². The number of nitrogens with zero attached hydrogens (tertiary/aromatic N) is 1. The lowest BCUT2D eigenvalue weighted by atomic mass is 9.80. The Morgan fingerprint density at radius 2 is 2.08 bits per heavy atom. The van der Waals surface area contributed by atoms with E-state index in [2.05, 4.69) is 29.6 Å². The van der Waals surface area contributed by atoms with E-state index in [0.29, 0.717) is 18.2 Å². The minimum atomic E-state index is -0.314. The van der Waals surface area contributed by atoms with Crippen LogP contribution in [0, 0.1) is 5.92 Å². The molecule has 0 aromatic heterocycles. The smallest absolute Gasteiger partial charge is 0.241 e. The highest BCUT2D eigenvalue weighted by molar-refractivity contribution is 8.00. The average molecular weight is 373 g/mol. The first-order chi connectivity index (χ1) is 12.7. The van der Waals surface area contributed by atoms with Crippen LogP contribution < -0.4 is 5.32 Å². The zero-order valence-corrected chi connectivity index (χ0v) is 16.1. The quantitative estimate of drug-likeness (QED) is 0.823. The molecule has 1 amide bonds. The second kappa shape index (κ2) is 8.13. The number of rotatable bonds is 4. The molecule has 0 saturated carbocycles. The van der Waals surface area contributed by atoms with Gasteiger partial charge in [0.15, 0.2) is 0 Å². The van der Waals surface area contributed by atoms with Crippen molar-refractivity contribution in [3.8, 4) is 0 Å². The molecule has 0 spiro atoms. The maximum absolute atomic E-state index is 13.0. The Balaban J connectivity index is 1.37. The molecule has 2 aliphatic carbocycles. The molecule has 5 heteroatoms. The number of amides is 1. The predicted octanol–water partition coefficient (Wildman–Crippen LogP) is 3.21. The van der Waals surface area contributed by atoms with E-state index < -0.39 is 0 Å². The average Bonchev–Trinajstić information content (AvgIpc) is 3.29. The third-order valence-electron chi connectivity index (χ3n) is 6.09. The van der Waals surface area contributed by atoms with Gasteiger partial charge < -0.3 is 4.90 Å². The fraction of sp³-hybridized carbons (Fsp3) is 0.619. The van der Waals surface area contributed by atoms with Gasteiger partial charge in [0.25, 0.3) is 0 Å². The number of carbonyl (C=O) groups excluding carboxylic acids is 2. The lowest BCUT2D eigenvalue weighted by Crippen LogP contribution is -2.49. The molecular formula is C21H28N2O2S. The van der Waals surface area contributed by atoms with Gasteiger partial charge in [0.2, 0.25) is 5.91 Å². The Kier molecular flexibility index (Phi) is 5.65. The van der Waals surface area contributed by atoms with E-state index in [1.165, 1.54) is 11.1 Å². The van der Waals surface area contributed by atoms with Gasteiger partial charge >= 0.3 is 0 Å². The zero-order chi connectivity index (χ0) is 17.9. The fourth-order valence-electron chi connectivity index (χ4n) is 4.61. The minimum Gasteiger partial charge on any atom is -0.341 e. The third-order valence-corrected chi connectivity index (χ3v) is 7.31.